The van der Waals surface area contributed by atoms with Crippen LogP contribution in [0.3, 0.4) is 0 Å². The fourth-order valence-electron chi connectivity index (χ4n) is 2.31. The van der Waals surface area contributed by atoms with E-state index in [-0.39, 0.29) is 11.9 Å². The molecule has 1 aromatic heterocycles. The van der Waals surface area contributed by atoms with Gasteiger partial charge in [-0.3, -0.25) is 9.78 Å². The summed E-state index contributed by atoms with van der Waals surface area (Å²) in [6, 6.07) is 20.3. The molecule has 0 aliphatic carbocycles. The Balaban J connectivity index is 1.63. The van der Waals surface area contributed by atoms with Gasteiger partial charge in [0.1, 0.15) is 11.5 Å². The fraction of sp³-hybridized carbons (Fsp3) is 0.100. The van der Waals surface area contributed by atoms with Crippen molar-refractivity contribution in [1.29, 1.82) is 0 Å². The van der Waals surface area contributed by atoms with Gasteiger partial charge < -0.3 is 10.1 Å². The first-order chi connectivity index (χ1) is 11.7. The summed E-state index contributed by atoms with van der Waals surface area (Å²) < 4.78 is 5.72. The monoisotopic (exact) mass is 318 g/mol. The van der Waals surface area contributed by atoms with Crippen molar-refractivity contribution >= 4 is 5.91 Å². The molecule has 0 saturated heterocycles. The minimum absolute atomic E-state index is 0.0826. The Bertz CT molecular complexity index is 787. The van der Waals surface area contributed by atoms with Gasteiger partial charge in [-0.25, -0.2) is 0 Å². The SMILES string of the molecule is C[C@@H](NC(=O)c1ccc(Oc2ccccc2)cc1)c1ccncc1. The number of carbonyl (C=O) groups is 1. The average Bonchev–Trinajstić information content (AvgIpc) is 2.64. The third-order valence-corrected chi connectivity index (χ3v) is 3.65. The van der Waals surface area contributed by atoms with E-state index in [1.54, 1.807) is 36.7 Å². The molecule has 4 nitrogen and oxygen atoms in total. The Morgan fingerprint density at radius 2 is 1.54 bits per heavy atom. The Kier molecular flexibility index (Phi) is 4.87. The van der Waals surface area contributed by atoms with Crippen LogP contribution in [-0.2, 0) is 0 Å². The number of hydrogen-bond donors (Lipinski definition) is 1. The molecule has 0 bridgehead atoms. The van der Waals surface area contributed by atoms with Crippen LogP contribution in [0.5, 0.6) is 11.5 Å². The van der Waals surface area contributed by atoms with Crippen LogP contribution in [0, 0.1) is 0 Å². The smallest absolute Gasteiger partial charge is 0.251 e. The van der Waals surface area contributed by atoms with Crippen molar-refractivity contribution in [3.8, 4) is 11.5 Å². The van der Waals surface area contributed by atoms with Crippen molar-refractivity contribution in [1.82, 2.24) is 10.3 Å². The van der Waals surface area contributed by atoms with Crippen molar-refractivity contribution in [2.45, 2.75) is 13.0 Å². The van der Waals surface area contributed by atoms with Crippen LogP contribution in [0.15, 0.2) is 79.1 Å². The average molecular weight is 318 g/mol. The Labute approximate surface area is 141 Å². The van der Waals surface area contributed by atoms with E-state index in [4.69, 9.17) is 4.74 Å². The van der Waals surface area contributed by atoms with E-state index in [1.165, 1.54) is 0 Å². The molecule has 0 fully saturated rings. The highest BCUT2D eigenvalue weighted by molar-refractivity contribution is 5.94. The molecule has 3 aromatic rings. The van der Waals surface area contributed by atoms with Crippen LogP contribution < -0.4 is 10.1 Å². The normalized spacial score (nSPS) is 11.5. The number of nitrogens with one attached hydrogen (secondary N) is 1. The van der Waals surface area contributed by atoms with Crippen molar-refractivity contribution in [3.05, 3.63) is 90.3 Å². The second kappa shape index (κ2) is 7.42. The van der Waals surface area contributed by atoms with Crippen LogP contribution >= 0.6 is 0 Å². The van der Waals surface area contributed by atoms with Gasteiger partial charge in [0.05, 0.1) is 6.04 Å². The molecule has 1 heterocycles. The van der Waals surface area contributed by atoms with Gasteiger partial charge in [0, 0.05) is 18.0 Å². The van der Waals surface area contributed by atoms with Crippen LogP contribution in [0.1, 0.15) is 28.9 Å². The summed E-state index contributed by atoms with van der Waals surface area (Å²) in [5.74, 6) is 1.34. The van der Waals surface area contributed by atoms with Crippen molar-refractivity contribution in [2.75, 3.05) is 0 Å². The topological polar surface area (TPSA) is 51.2 Å². The first-order valence-corrected chi connectivity index (χ1v) is 7.76. The van der Waals surface area contributed by atoms with E-state index < -0.39 is 0 Å². The van der Waals surface area contributed by atoms with Crippen molar-refractivity contribution in [2.24, 2.45) is 0 Å². The molecule has 120 valence electrons. The molecule has 0 spiro atoms. The summed E-state index contributed by atoms with van der Waals surface area (Å²) in [6.07, 6.45) is 3.43. The minimum atomic E-state index is -0.120. The lowest BCUT2D eigenvalue weighted by molar-refractivity contribution is 0.0940. The molecule has 3 rings (SSSR count). The van der Waals surface area contributed by atoms with Gasteiger partial charge in [-0.15, -0.1) is 0 Å². The molecule has 2 aromatic carbocycles. The molecule has 4 heteroatoms. The molecule has 0 saturated carbocycles. The highest BCUT2D eigenvalue weighted by Crippen LogP contribution is 2.21. The van der Waals surface area contributed by atoms with Crippen molar-refractivity contribution < 1.29 is 9.53 Å². The number of pyridine rings is 1. The molecular formula is C20H18N2O2. The molecule has 0 unspecified atom stereocenters. The summed E-state index contributed by atoms with van der Waals surface area (Å²) in [4.78, 5) is 16.3. The lowest BCUT2D eigenvalue weighted by Gasteiger charge is -2.14. The van der Waals surface area contributed by atoms with Gasteiger partial charge in [-0.05, 0) is 61.0 Å². The fourth-order valence-corrected chi connectivity index (χ4v) is 2.31. The molecular weight excluding hydrogens is 300 g/mol. The molecule has 1 N–H and O–H groups in total. The van der Waals surface area contributed by atoms with Gasteiger partial charge in [0.25, 0.3) is 5.91 Å². The Hall–Kier alpha value is -3.14. The zero-order valence-corrected chi connectivity index (χ0v) is 13.3. The van der Waals surface area contributed by atoms with E-state index in [0.29, 0.717) is 11.3 Å². The largest absolute Gasteiger partial charge is 0.457 e. The number of hydrogen-bond acceptors (Lipinski definition) is 3. The number of ether oxygens (including phenoxy) is 1. The number of nitrogens with zero attached hydrogens (tertiary/aromatic N) is 1. The Morgan fingerprint density at radius 1 is 0.917 bits per heavy atom. The van der Waals surface area contributed by atoms with Crippen LogP contribution in [0.4, 0.5) is 0 Å². The quantitative estimate of drug-likeness (QED) is 0.760. The molecule has 0 aliphatic rings. The number of aromatic nitrogens is 1. The highest BCUT2D eigenvalue weighted by Gasteiger charge is 2.11. The summed E-state index contributed by atoms with van der Waals surface area (Å²) in [5, 5.41) is 2.97. The third-order valence-electron chi connectivity index (χ3n) is 3.65. The second-order valence-electron chi connectivity index (χ2n) is 5.42. The zero-order chi connectivity index (χ0) is 16.8. The number of carbonyl (C=O) groups excluding carboxylic acids is 1. The van der Waals surface area contributed by atoms with Crippen LogP contribution in [-0.4, -0.2) is 10.9 Å². The number of rotatable bonds is 5. The van der Waals surface area contributed by atoms with E-state index in [2.05, 4.69) is 10.3 Å². The molecule has 1 amide bonds. The summed E-state index contributed by atoms with van der Waals surface area (Å²) >= 11 is 0. The first kappa shape index (κ1) is 15.7. The molecule has 1 atom stereocenters. The van der Waals surface area contributed by atoms with E-state index in [1.807, 2.05) is 49.4 Å². The van der Waals surface area contributed by atoms with Crippen LogP contribution in [0.25, 0.3) is 0 Å². The minimum Gasteiger partial charge on any atom is -0.457 e. The maximum absolute atomic E-state index is 12.3. The highest BCUT2D eigenvalue weighted by atomic mass is 16.5. The van der Waals surface area contributed by atoms with Crippen molar-refractivity contribution in [3.63, 3.8) is 0 Å². The van der Waals surface area contributed by atoms with Gasteiger partial charge in [-0.2, -0.15) is 0 Å². The molecule has 0 radical (unpaired) electrons. The lowest BCUT2D eigenvalue weighted by Crippen LogP contribution is -2.26. The summed E-state index contributed by atoms with van der Waals surface area (Å²) in [7, 11) is 0. The number of benzene rings is 2. The standard InChI is InChI=1S/C20H18N2O2/c1-15(16-11-13-21-14-12-16)22-20(23)17-7-9-19(10-8-17)24-18-5-3-2-4-6-18/h2-15H,1H3,(H,22,23)/t15-/m1/s1. The van der Waals surface area contributed by atoms with Gasteiger partial charge >= 0.3 is 0 Å². The maximum atomic E-state index is 12.3. The maximum Gasteiger partial charge on any atom is 0.251 e. The predicted molar refractivity (Wildman–Crippen MR) is 93.1 cm³/mol. The van der Waals surface area contributed by atoms with E-state index in [9.17, 15) is 4.79 Å². The predicted octanol–water partition coefficient (Wildman–Crippen LogP) is 4.36. The Morgan fingerprint density at radius 3 is 2.21 bits per heavy atom. The van der Waals surface area contributed by atoms with E-state index >= 15 is 0 Å². The van der Waals surface area contributed by atoms with Gasteiger partial charge in [0.15, 0.2) is 0 Å². The summed E-state index contributed by atoms with van der Waals surface area (Å²) in [6.45, 7) is 1.94. The molecule has 24 heavy (non-hydrogen) atoms. The lowest BCUT2D eigenvalue weighted by atomic mass is 10.1. The molecule has 0 aliphatic heterocycles. The summed E-state index contributed by atoms with van der Waals surface area (Å²) in [5.41, 5.74) is 1.61. The zero-order valence-electron chi connectivity index (χ0n) is 13.3. The third kappa shape index (κ3) is 3.98. The van der Waals surface area contributed by atoms with Gasteiger partial charge in [0.2, 0.25) is 0 Å². The second-order valence-corrected chi connectivity index (χ2v) is 5.42. The first-order valence-electron chi connectivity index (χ1n) is 7.76. The van der Waals surface area contributed by atoms with Gasteiger partial charge in [-0.1, -0.05) is 18.2 Å². The number of amides is 1. The van der Waals surface area contributed by atoms with Crippen LogP contribution in [0.2, 0.25) is 0 Å². The van der Waals surface area contributed by atoms with E-state index in [0.717, 1.165) is 11.3 Å². The number of para-hydroxylation sites is 1.